The molecule has 1 aliphatic rings. The van der Waals surface area contributed by atoms with Gasteiger partial charge in [-0.25, -0.2) is 0 Å². The summed E-state index contributed by atoms with van der Waals surface area (Å²) < 4.78 is 11.3. The van der Waals surface area contributed by atoms with Crippen LogP contribution < -0.4 is 5.32 Å². The average Bonchev–Trinajstić information content (AvgIpc) is 3.34. The fraction of sp³-hybridized carbons (Fsp3) is 0.881. The Morgan fingerprint density at radius 2 is 0.838 bits per heavy atom. The summed E-state index contributed by atoms with van der Waals surface area (Å²) in [5.74, 6) is -0.188. The van der Waals surface area contributed by atoms with Crippen molar-refractivity contribution in [1.29, 1.82) is 0 Å². The van der Waals surface area contributed by atoms with Crippen LogP contribution in [0.3, 0.4) is 0 Å². The van der Waals surface area contributed by atoms with Crippen LogP contribution in [-0.4, -0.2) is 87.5 Å². The molecule has 0 radical (unpaired) electrons. The molecule has 1 fully saturated rings. The number of rotatable bonds is 50. The van der Waals surface area contributed by atoms with Crippen LogP contribution in [0.25, 0.3) is 0 Å². The molecule has 400 valence electrons. The van der Waals surface area contributed by atoms with E-state index in [-0.39, 0.29) is 12.5 Å². The van der Waals surface area contributed by atoms with Gasteiger partial charge in [-0.05, 0) is 57.8 Å². The first-order valence-electron chi connectivity index (χ1n) is 29.2. The molecule has 1 aliphatic heterocycles. The third-order valence-corrected chi connectivity index (χ3v) is 13.9. The second-order valence-electron chi connectivity index (χ2n) is 20.4. The number of hydrogen-bond acceptors (Lipinski definition) is 8. The lowest BCUT2D eigenvalue weighted by Gasteiger charge is -2.40. The van der Waals surface area contributed by atoms with E-state index in [2.05, 4.69) is 43.5 Å². The summed E-state index contributed by atoms with van der Waals surface area (Å²) in [5.41, 5.74) is 0. The van der Waals surface area contributed by atoms with Crippen molar-refractivity contribution in [3.63, 3.8) is 0 Å². The molecule has 1 heterocycles. The van der Waals surface area contributed by atoms with Crippen LogP contribution in [0.4, 0.5) is 0 Å². The molecule has 0 aliphatic carbocycles. The first-order valence-corrected chi connectivity index (χ1v) is 29.2. The van der Waals surface area contributed by atoms with Crippen LogP contribution >= 0.6 is 0 Å². The van der Waals surface area contributed by atoms with E-state index in [1.165, 1.54) is 205 Å². The van der Waals surface area contributed by atoms with Gasteiger partial charge in [0.15, 0.2) is 6.29 Å². The topological polar surface area (TPSA) is 149 Å². The molecule has 0 aromatic heterocycles. The molecular weight excluding hydrogens is 851 g/mol. The van der Waals surface area contributed by atoms with Gasteiger partial charge in [0.05, 0.1) is 25.4 Å². The zero-order valence-corrected chi connectivity index (χ0v) is 44.4. The van der Waals surface area contributed by atoms with E-state index in [0.717, 1.165) is 51.4 Å². The smallest absolute Gasteiger partial charge is 0.220 e. The molecule has 1 amide bonds. The fourth-order valence-corrected chi connectivity index (χ4v) is 9.29. The van der Waals surface area contributed by atoms with Crippen LogP contribution in [0.1, 0.15) is 277 Å². The van der Waals surface area contributed by atoms with Crippen molar-refractivity contribution in [2.24, 2.45) is 0 Å². The van der Waals surface area contributed by atoms with Gasteiger partial charge in [0.25, 0.3) is 0 Å². The van der Waals surface area contributed by atoms with Gasteiger partial charge in [-0.2, -0.15) is 0 Å². The Morgan fingerprint density at radius 1 is 0.485 bits per heavy atom. The predicted octanol–water partition coefficient (Wildman–Crippen LogP) is 14.4. The van der Waals surface area contributed by atoms with E-state index in [4.69, 9.17) is 9.47 Å². The molecule has 9 heteroatoms. The molecule has 6 N–H and O–H groups in total. The summed E-state index contributed by atoms with van der Waals surface area (Å²) in [6.45, 7) is 3.79. The number of carbonyl (C=O) groups is 1. The molecule has 7 unspecified atom stereocenters. The van der Waals surface area contributed by atoms with Gasteiger partial charge in [0.2, 0.25) is 5.91 Å². The summed E-state index contributed by atoms with van der Waals surface area (Å²) in [7, 11) is 0. The molecular formula is C59H111NO8. The summed E-state index contributed by atoms with van der Waals surface area (Å²) >= 11 is 0. The first-order chi connectivity index (χ1) is 33.3. The number of nitrogens with one attached hydrogen (secondary N) is 1. The SMILES string of the molecule is CCCCCCCCCCCCC/C=C\CCCCCCCCCC(=O)NC(COC1OC(CO)C(O)C(O)C1O)C(O)/C=C/CC/C=C/CCCCCCCCCCCCCCCCCCC. The van der Waals surface area contributed by atoms with Crippen LogP contribution in [0.5, 0.6) is 0 Å². The second kappa shape index (κ2) is 49.0. The molecule has 0 aromatic rings. The molecule has 0 saturated carbocycles. The number of aliphatic hydroxyl groups excluding tert-OH is 5. The maximum Gasteiger partial charge on any atom is 0.220 e. The average molecular weight is 963 g/mol. The normalized spacial score (nSPS) is 19.8. The lowest BCUT2D eigenvalue weighted by atomic mass is 9.99. The van der Waals surface area contributed by atoms with E-state index in [9.17, 15) is 30.3 Å². The Hall–Kier alpha value is -1.59. The van der Waals surface area contributed by atoms with E-state index in [1.54, 1.807) is 6.08 Å². The minimum Gasteiger partial charge on any atom is -0.394 e. The van der Waals surface area contributed by atoms with Gasteiger partial charge in [-0.1, -0.05) is 249 Å². The Morgan fingerprint density at radius 3 is 1.24 bits per heavy atom. The Balaban J connectivity index is 2.25. The van der Waals surface area contributed by atoms with Gasteiger partial charge < -0.3 is 40.3 Å². The third kappa shape index (κ3) is 38.1. The number of amides is 1. The zero-order chi connectivity index (χ0) is 49.4. The fourth-order valence-electron chi connectivity index (χ4n) is 9.29. The maximum atomic E-state index is 13.0. The van der Waals surface area contributed by atoms with E-state index >= 15 is 0 Å². The minimum absolute atomic E-state index is 0.188. The number of allylic oxidation sites excluding steroid dienone is 5. The first kappa shape index (κ1) is 64.4. The van der Waals surface area contributed by atoms with Gasteiger partial charge in [0.1, 0.15) is 24.4 Å². The Labute approximate surface area is 419 Å². The van der Waals surface area contributed by atoms with Crippen molar-refractivity contribution in [3.05, 3.63) is 36.5 Å². The molecule has 0 spiro atoms. The Kier molecular flexibility index (Phi) is 46.4. The molecule has 0 bridgehead atoms. The maximum absolute atomic E-state index is 13.0. The molecule has 0 aromatic carbocycles. The standard InChI is InChI=1S/C59H111NO8/c1-3-5-7-9-11-13-15-17-19-21-23-25-27-28-30-32-34-36-38-40-42-44-46-48-53(62)52(51-67-59-58(66)57(65)56(64)54(50-61)68-59)60-55(63)49-47-45-43-41-39-37-35-33-31-29-26-24-22-20-18-16-14-12-10-8-6-4-2/h29,31,38,40,46,48,52-54,56-59,61-62,64-66H,3-28,30,32-37,39,41-45,47,49-51H2,1-2H3,(H,60,63)/b31-29-,40-38+,48-46+. The highest BCUT2D eigenvalue weighted by molar-refractivity contribution is 5.76. The van der Waals surface area contributed by atoms with Crippen LogP contribution in [-0.2, 0) is 14.3 Å². The second-order valence-corrected chi connectivity index (χ2v) is 20.4. The highest BCUT2D eigenvalue weighted by atomic mass is 16.7. The summed E-state index contributed by atoms with van der Waals surface area (Å²) in [4.78, 5) is 13.0. The van der Waals surface area contributed by atoms with Crippen LogP contribution in [0.15, 0.2) is 36.5 Å². The molecule has 68 heavy (non-hydrogen) atoms. The van der Waals surface area contributed by atoms with Gasteiger partial charge in [-0.3, -0.25) is 4.79 Å². The summed E-state index contributed by atoms with van der Waals surface area (Å²) in [6, 6.07) is -0.824. The van der Waals surface area contributed by atoms with Crippen LogP contribution in [0.2, 0.25) is 0 Å². The number of hydrogen-bond donors (Lipinski definition) is 6. The van der Waals surface area contributed by atoms with Crippen molar-refractivity contribution >= 4 is 5.91 Å². The lowest BCUT2D eigenvalue weighted by molar-refractivity contribution is -0.302. The van der Waals surface area contributed by atoms with E-state index < -0.39 is 49.5 Å². The van der Waals surface area contributed by atoms with Crippen molar-refractivity contribution in [2.45, 2.75) is 320 Å². The highest BCUT2D eigenvalue weighted by Gasteiger charge is 2.44. The zero-order valence-electron chi connectivity index (χ0n) is 44.4. The summed E-state index contributed by atoms with van der Waals surface area (Å²) in [6.07, 6.45) is 56.4. The third-order valence-electron chi connectivity index (χ3n) is 13.9. The quantitative estimate of drug-likeness (QED) is 0.0261. The number of aliphatic hydroxyl groups is 5. The van der Waals surface area contributed by atoms with Crippen molar-refractivity contribution in [2.75, 3.05) is 13.2 Å². The molecule has 1 rings (SSSR count). The highest BCUT2D eigenvalue weighted by Crippen LogP contribution is 2.23. The predicted molar refractivity (Wildman–Crippen MR) is 286 cm³/mol. The minimum atomic E-state index is -1.57. The van der Waals surface area contributed by atoms with Crippen molar-refractivity contribution < 1.29 is 39.8 Å². The van der Waals surface area contributed by atoms with E-state index in [1.807, 2.05) is 6.08 Å². The molecule has 9 nitrogen and oxygen atoms in total. The van der Waals surface area contributed by atoms with Crippen molar-refractivity contribution in [3.8, 4) is 0 Å². The van der Waals surface area contributed by atoms with Crippen LogP contribution in [0, 0.1) is 0 Å². The largest absolute Gasteiger partial charge is 0.394 e. The number of ether oxygens (including phenoxy) is 2. The van der Waals surface area contributed by atoms with Crippen molar-refractivity contribution in [1.82, 2.24) is 5.32 Å². The van der Waals surface area contributed by atoms with E-state index in [0.29, 0.717) is 6.42 Å². The van der Waals surface area contributed by atoms with Gasteiger partial charge in [-0.15, -0.1) is 0 Å². The number of carbonyl (C=O) groups excluding carboxylic acids is 1. The number of unbranched alkanes of at least 4 members (excludes halogenated alkanes) is 36. The monoisotopic (exact) mass is 962 g/mol. The Bertz CT molecular complexity index is 1160. The molecule has 7 atom stereocenters. The van der Waals surface area contributed by atoms with Gasteiger partial charge >= 0.3 is 0 Å². The molecule has 1 saturated heterocycles. The lowest BCUT2D eigenvalue weighted by Crippen LogP contribution is -2.60. The van der Waals surface area contributed by atoms with Gasteiger partial charge in [0, 0.05) is 6.42 Å². The summed E-state index contributed by atoms with van der Waals surface area (Å²) in [5, 5.41) is 54.5.